The second-order valence-corrected chi connectivity index (χ2v) is 9.03. The molecule has 4 aromatic rings. The molecule has 0 bridgehead atoms. The molecule has 0 aliphatic carbocycles. The maximum Gasteiger partial charge on any atom is 0.262 e. The zero-order valence-corrected chi connectivity index (χ0v) is 20.9. The van der Waals surface area contributed by atoms with Crippen molar-refractivity contribution in [3.8, 4) is 5.75 Å². The molecule has 8 nitrogen and oxygen atoms in total. The number of hydrogen-bond donors (Lipinski definition) is 2. The normalized spacial score (nSPS) is 10.8. The maximum atomic E-state index is 13.2. The number of rotatable bonds is 10. The molecule has 2 N–H and O–H groups in total. The minimum absolute atomic E-state index is 0.0127. The summed E-state index contributed by atoms with van der Waals surface area (Å²) >= 11 is 1.12. The molecule has 10 heteroatoms. The minimum atomic E-state index is -0.347. The summed E-state index contributed by atoms with van der Waals surface area (Å²) in [5.74, 6) is -0.257. The number of halogens is 1. The number of carbonyl (C=O) groups is 2. The van der Waals surface area contributed by atoms with Crippen LogP contribution in [0, 0.1) is 5.82 Å². The van der Waals surface area contributed by atoms with Crippen LogP contribution in [0.25, 0.3) is 10.9 Å². The van der Waals surface area contributed by atoms with Crippen LogP contribution in [0.3, 0.4) is 0 Å². The van der Waals surface area contributed by atoms with Gasteiger partial charge in [-0.2, -0.15) is 0 Å². The predicted octanol–water partition coefficient (Wildman–Crippen LogP) is 3.98. The first kappa shape index (κ1) is 25.9. The Morgan fingerprint density at radius 1 is 1.03 bits per heavy atom. The third-order valence-corrected chi connectivity index (χ3v) is 6.45. The van der Waals surface area contributed by atoms with Crippen molar-refractivity contribution in [2.75, 3.05) is 18.2 Å². The number of anilines is 1. The Bertz CT molecular complexity index is 1470. The Balaban J connectivity index is 1.45. The number of aromatic nitrogens is 2. The summed E-state index contributed by atoms with van der Waals surface area (Å²) in [7, 11) is 1.55. The SMILES string of the molecule is COc1cccc(NC(=O)CSc2nc3ccccc3c(=O)n2CCC(=O)NCc2ccc(F)cc2)c1. The number of nitrogens with one attached hydrogen (secondary N) is 2. The van der Waals surface area contributed by atoms with E-state index in [1.165, 1.54) is 16.7 Å². The van der Waals surface area contributed by atoms with Crippen LogP contribution in [0.4, 0.5) is 10.1 Å². The van der Waals surface area contributed by atoms with Gasteiger partial charge >= 0.3 is 0 Å². The number of thioether (sulfide) groups is 1. The summed E-state index contributed by atoms with van der Waals surface area (Å²) < 4.78 is 19.7. The lowest BCUT2D eigenvalue weighted by atomic mass is 10.2. The predicted molar refractivity (Wildman–Crippen MR) is 141 cm³/mol. The van der Waals surface area contributed by atoms with Gasteiger partial charge in [0.15, 0.2) is 5.16 Å². The van der Waals surface area contributed by atoms with Crippen LogP contribution in [-0.4, -0.2) is 34.2 Å². The van der Waals surface area contributed by atoms with Crippen molar-refractivity contribution in [1.82, 2.24) is 14.9 Å². The van der Waals surface area contributed by atoms with E-state index < -0.39 is 0 Å². The van der Waals surface area contributed by atoms with Crippen molar-refractivity contribution in [1.29, 1.82) is 0 Å². The van der Waals surface area contributed by atoms with Gasteiger partial charge in [-0.1, -0.05) is 42.1 Å². The molecule has 0 saturated carbocycles. The summed E-state index contributed by atoms with van der Waals surface area (Å²) in [6.07, 6.45) is 0.0324. The highest BCUT2D eigenvalue weighted by molar-refractivity contribution is 7.99. The molecule has 1 heterocycles. The van der Waals surface area contributed by atoms with Crippen molar-refractivity contribution in [2.45, 2.75) is 24.7 Å². The minimum Gasteiger partial charge on any atom is -0.497 e. The van der Waals surface area contributed by atoms with Gasteiger partial charge in [0, 0.05) is 31.3 Å². The third-order valence-electron chi connectivity index (χ3n) is 5.48. The smallest absolute Gasteiger partial charge is 0.262 e. The van der Waals surface area contributed by atoms with Crippen molar-refractivity contribution in [2.24, 2.45) is 0 Å². The number of carbonyl (C=O) groups excluding carboxylic acids is 2. The van der Waals surface area contributed by atoms with Gasteiger partial charge in [-0.25, -0.2) is 9.37 Å². The highest BCUT2D eigenvalue weighted by Crippen LogP contribution is 2.20. The third kappa shape index (κ3) is 6.95. The number of methoxy groups -OCH3 is 1. The van der Waals surface area contributed by atoms with Crippen molar-refractivity contribution < 1.29 is 18.7 Å². The van der Waals surface area contributed by atoms with Crippen LogP contribution in [0.15, 0.2) is 82.7 Å². The lowest BCUT2D eigenvalue weighted by Gasteiger charge is -2.13. The number of para-hydroxylation sites is 1. The molecule has 2 amide bonds. The van der Waals surface area contributed by atoms with Crippen LogP contribution in [0.5, 0.6) is 5.75 Å². The van der Waals surface area contributed by atoms with E-state index in [1.54, 1.807) is 67.8 Å². The molecule has 37 heavy (non-hydrogen) atoms. The first-order valence-electron chi connectivity index (χ1n) is 11.5. The molecule has 0 atom stereocenters. The van der Waals surface area contributed by atoms with E-state index in [0.717, 1.165) is 17.3 Å². The highest BCUT2D eigenvalue weighted by Gasteiger charge is 2.15. The number of benzene rings is 3. The topological polar surface area (TPSA) is 102 Å². The number of nitrogens with zero attached hydrogens (tertiary/aromatic N) is 2. The fourth-order valence-electron chi connectivity index (χ4n) is 3.59. The average Bonchev–Trinajstić information content (AvgIpc) is 2.91. The molecule has 0 spiro atoms. The molecule has 1 aromatic heterocycles. The summed E-state index contributed by atoms with van der Waals surface area (Å²) in [6, 6.07) is 19.8. The number of ether oxygens (including phenoxy) is 1. The highest BCUT2D eigenvalue weighted by atomic mass is 32.2. The van der Waals surface area contributed by atoms with E-state index in [4.69, 9.17) is 4.74 Å². The summed E-state index contributed by atoms with van der Waals surface area (Å²) in [5, 5.41) is 6.35. The molecule has 190 valence electrons. The van der Waals surface area contributed by atoms with E-state index >= 15 is 0 Å². The van der Waals surface area contributed by atoms with Gasteiger partial charge in [-0.15, -0.1) is 0 Å². The summed E-state index contributed by atoms with van der Waals surface area (Å²) in [4.78, 5) is 42.8. The van der Waals surface area contributed by atoms with Crippen LogP contribution < -0.4 is 20.9 Å². The zero-order valence-electron chi connectivity index (χ0n) is 20.1. The van der Waals surface area contributed by atoms with Gasteiger partial charge in [0.05, 0.1) is 23.8 Å². The van der Waals surface area contributed by atoms with Crippen LogP contribution in [-0.2, 0) is 22.7 Å². The zero-order chi connectivity index (χ0) is 26.2. The first-order valence-corrected chi connectivity index (χ1v) is 12.5. The van der Waals surface area contributed by atoms with E-state index in [2.05, 4.69) is 15.6 Å². The van der Waals surface area contributed by atoms with E-state index in [0.29, 0.717) is 27.5 Å². The second-order valence-electron chi connectivity index (χ2n) is 8.09. The second kappa shape index (κ2) is 12.2. The van der Waals surface area contributed by atoms with Gasteiger partial charge in [0.25, 0.3) is 5.56 Å². The molecule has 0 fully saturated rings. The molecule has 0 aliphatic rings. The van der Waals surface area contributed by atoms with Gasteiger partial charge in [-0.05, 0) is 42.0 Å². The summed E-state index contributed by atoms with van der Waals surface area (Å²) in [5.41, 5.74) is 1.58. The van der Waals surface area contributed by atoms with E-state index in [-0.39, 0.29) is 48.5 Å². The van der Waals surface area contributed by atoms with Gasteiger partial charge in [-0.3, -0.25) is 19.0 Å². The van der Waals surface area contributed by atoms with Gasteiger partial charge < -0.3 is 15.4 Å². The van der Waals surface area contributed by atoms with Crippen molar-refractivity contribution >= 4 is 40.2 Å². The molecule has 0 saturated heterocycles. The standard InChI is InChI=1S/C27H25FN4O4S/c1-36-21-6-4-5-20(15-21)30-25(34)17-37-27-31-23-8-3-2-7-22(23)26(35)32(27)14-13-24(33)29-16-18-9-11-19(28)12-10-18/h2-12,15H,13-14,16-17H2,1H3,(H,29,33)(H,30,34). The fraction of sp³-hybridized carbons (Fsp3) is 0.185. The quantitative estimate of drug-likeness (QED) is 0.242. The maximum absolute atomic E-state index is 13.2. The fourth-order valence-corrected chi connectivity index (χ4v) is 4.41. The van der Waals surface area contributed by atoms with Crippen LogP contribution in [0.1, 0.15) is 12.0 Å². The Morgan fingerprint density at radius 3 is 2.59 bits per heavy atom. The number of hydrogen-bond acceptors (Lipinski definition) is 6. The van der Waals surface area contributed by atoms with Gasteiger partial charge in [0.2, 0.25) is 11.8 Å². The average molecular weight is 521 g/mol. The summed E-state index contributed by atoms with van der Waals surface area (Å²) in [6.45, 7) is 0.335. The Kier molecular flexibility index (Phi) is 8.52. The molecule has 0 aliphatic heterocycles. The van der Waals surface area contributed by atoms with Crippen molar-refractivity contribution in [3.63, 3.8) is 0 Å². The first-order chi connectivity index (χ1) is 17.9. The lowest BCUT2D eigenvalue weighted by Crippen LogP contribution is -2.29. The van der Waals surface area contributed by atoms with Crippen molar-refractivity contribution in [3.05, 3.63) is 94.5 Å². The largest absolute Gasteiger partial charge is 0.497 e. The van der Waals surface area contributed by atoms with E-state index in [9.17, 15) is 18.8 Å². The lowest BCUT2D eigenvalue weighted by molar-refractivity contribution is -0.121. The molecule has 3 aromatic carbocycles. The number of fused-ring (bicyclic) bond motifs is 1. The van der Waals surface area contributed by atoms with Crippen LogP contribution >= 0.6 is 11.8 Å². The molecular weight excluding hydrogens is 495 g/mol. The molecule has 4 rings (SSSR count). The number of amides is 2. The Morgan fingerprint density at radius 2 is 1.81 bits per heavy atom. The van der Waals surface area contributed by atoms with E-state index in [1.807, 2.05) is 0 Å². The molecule has 0 radical (unpaired) electrons. The monoisotopic (exact) mass is 520 g/mol. The Hall–Kier alpha value is -4.18. The van der Waals surface area contributed by atoms with Crippen LogP contribution in [0.2, 0.25) is 0 Å². The van der Waals surface area contributed by atoms with Gasteiger partial charge in [0.1, 0.15) is 11.6 Å². The Labute approximate surface area is 216 Å². The molecule has 0 unspecified atom stereocenters. The molecular formula is C27H25FN4O4S.